The minimum atomic E-state index is -2.87. The Morgan fingerprint density at radius 1 is 1.12 bits per heavy atom. The fraction of sp³-hybridized carbons (Fsp3) is 0.375. The van der Waals surface area contributed by atoms with Crippen LogP contribution >= 0.6 is 11.6 Å². The topological polar surface area (TPSA) is 46.6 Å². The van der Waals surface area contributed by atoms with Gasteiger partial charge in [-0.25, -0.2) is 0 Å². The first kappa shape index (κ1) is 22.6. The number of ether oxygens (including phenoxy) is 2. The maximum Gasteiger partial charge on any atom is 0.387 e. The monoisotopic (exact) mass is 461 g/mol. The highest BCUT2D eigenvalue weighted by Crippen LogP contribution is 2.31. The number of likely N-dealkylation sites (tertiary alicyclic amines) is 1. The summed E-state index contributed by atoms with van der Waals surface area (Å²) in [6.45, 7) is 1.93. The fourth-order valence-corrected chi connectivity index (χ4v) is 4.24. The number of alkyl halides is 2. The summed E-state index contributed by atoms with van der Waals surface area (Å²) in [7, 11) is 0. The van der Waals surface area contributed by atoms with E-state index in [0.29, 0.717) is 23.4 Å². The molecule has 5 nitrogen and oxygen atoms in total. The van der Waals surface area contributed by atoms with E-state index in [2.05, 4.69) is 19.9 Å². The molecular formula is C24H26ClF2N3O2. The van der Waals surface area contributed by atoms with E-state index in [-0.39, 0.29) is 5.75 Å². The molecular weight excluding hydrogens is 436 g/mol. The molecule has 1 N–H and O–H groups in total. The lowest BCUT2D eigenvalue weighted by Gasteiger charge is -2.33. The van der Waals surface area contributed by atoms with Gasteiger partial charge in [0, 0.05) is 48.0 Å². The van der Waals surface area contributed by atoms with Gasteiger partial charge in [-0.05, 0) is 61.7 Å². The van der Waals surface area contributed by atoms with E-state index in [1.165, 1.54) is 0 Å². The Morgan fingerprint density at radius 2 is 1.94 bits per heavy atom. The number of fused-ring (bicyclic) bond motifs is 1. The molecule has 1 saturated heterocycles. The first-order valence-corrected chi connectivity index (χ1v) is 11.1. The number of benzene rings is 2. The van der Waals surface area contributed by atoms with Crippen molar-refractivity contribution < 1.29 is 18.3 Å². The van der Waals surface area contributed by atoms with Crippen LogP contribution in [0.1, 0.15) is 25.3 Å². The molecule has 0 aliphatic carbocycles. The lowest BCUT2D eigenvalue weighted by Crippen LogP contribution is -2.38. The maximum atomic E-state index is 12.6. The van der Waals surface area contributed by atoms with E-state index in [9.17, 15) is 8.78 Å². The highest BCUT2D eigenvalue weighted by molar-refractivity contribution is 6.31. The molecule has 1 aliphatic heterocycles. The van der Waals surface area contributed by atoms with E-state index < -0.39 is 6.61 Å². The summed E-state index contributed by atoms with van der Waals surface area (Å²) in [5.74, 6) is 0.422. The predicted octanol–water partition coefficient (Wildman–Crippen LogP) is 5.96. The van der Waals surface area contributed by atoms with Gasteiger partial charge in [-0.3, -0.25) is 9.88 Å². The molecule has 3 aromatic rings. The Kier molecular flexibility index (Phi) is 7.27. The first-order chi connectivity index (χ1) is 15.5. The maximum absolute atomic E-state index is 12.6. The SMILES string of the molecule is CCOc1cc(CN2CCC(Nc3ccnc4cc(Cl)ccc34)CC2)ccc1OC(F)F. The second-order valence-electron chi connectivity index (χ2n) is 7.81. The Morgan fingerprint density at radius 3 is 2.69 bits per heavy atom. The number of aromatic nitrogens is 1. The number of pyridine rings is 1. The van der Waals surface area contributed by atoms with Crippen molar-refractivity contribution in [1.29, 1.82) is 0 Å². The van der Waals surface area contributed by atoms with Crippen LogP contribution in [0.2, 0.25) is 5.02 Å². The van der Waals surface area contributed by atoms with Crippen LogP contribution in [0.15, 0.2) is 48.7 Å². The van der Waals surface area contributed by atoms with Crippen LogP contribution in [-0.2, 0) is 6.54 Å². The number of halogens is 3. The molecule has 0 bridgehead atoms. The molecule has 0 atom stereocenters. The van der Waals surface area contributed by atoms with Gasteiger partial charge in [0.2, 0.25) is 0 Å². The number of nitrogens with zero attached hydrogens (tertiary/aromatic N) is 2. The molecule has 0 spiro atoms. The Hall–Kier alpha value is -2.64. The summed E-state index contributed by atoms with van der Waals surface area (Å²) < 4.78 is 35.3. The van der Waals surface area contributed by atoms with Gasteiger partial charge >= 0.3 is 6.61 Å². The summed E-state index contributed by atoms with van der Waals surface area (Å²) in [5.41, 5.74) is 2.96. The van der Waals surface area contributed by atoms with Crippen molar-refractivity contribution in [3.63, 3.8) is 0 Å². The Labute approximate surface area is 191 Å². The van der Waals surface area contributed by atoms with Crippen molar-refractivity contribution in [1.82, 2.24) is 9.88 Å². The van der Waals surface area contributed by atoms with E-state index in [1.54, 1.807) is 18.3 Å². The van der Waals surface area contributed by atoms with Crippen LogP contribution in [0.4, 0.5) is 14.5 Å². The number of piperidine rings is 1. The van der Waals surface area contributed by atoms with Gasteiger partial charge < -0.3 is 14.8 Å². The largest absolute Gasteiger partial charge is 0.490 e. The number of nitrogens with one attached hydrogen (secondary N) is 1. The van der Waals surface area contributed by atoms with Crippen LogP contribution in [0.25, 0.3) is 10.9 Å². The Bertz CT molecular complexity index is 1060. The normalized spacial score (nSPS) is 15.3. The molecule has 1 aromatic heterocycles. The third kappa shape index (κ3) is 5.58. The molecule has 4 rings (SSSR count). The molecule has 2 aromatic carbocycles. The average molecular weight is 462 g/mol. The van der Waals surface area contributed by atoms with Crippen molar-refractivity contribution in [3.8, 4) is 11.5 Å². The van der Waals surface area contributed by atoms with Crippen LogP contribution in [-0.4, -0.2) is 42.2 Å². The smallest absolute Gasteiger partial charge is 0.387 e. The molecule has 170 valence electrons. The van der Waals surface area contributed by atoms with Gasteiger partial charge in [0.15, 0.2) is 11.5 Å². The molecule has 8 heteroatoms. The zero-order valence-corrected chi connectivity index (χ0v) is 18.6. The minimum absolute atomic E-state index is 0.0689. The second-order valence-corrected chi connectivity index (χ2v) is 8.24. The third-order valence-electron chi connectivity index (χ3n) is 5.58. The minimum Gasteiger partial charge on any atom is -0.490 e. The van der Waals surface area contributed by atoms with Gasteiger partial charge in [0.25, 0.3) is 0 Å². The van der Waals surface area contributed by atoms with Crippen LogP contribution < -0.4 is 14.8 Å². The van der Waals surface area contributed by atoms with E-state index in [1.807, 2.05) is 37.3 Å². The van der Waals surface area contributed by atoms with E-state index >= 15 is 0 Å². The lowest BCUT2D eigenvalue weighted by atomic mass is 10.0. The van der Waals surface area contributed by atoms with Gasteiger partial charge in [-0.1, -0.05) is 17.7 Å². The molecule has 32 heavy (non-hydrogen) atoms. The van der Waals surface area contributed by atoms with Gasteiger partial charge in [-0.15, -0.1) is 0 Å². The molecule has 1 fully saturated rings. The van der Waals surface area contributed by atoms with Crippen molar-refractivity contribution in [2.75, 3.05) is 25.0 Å². The summed E-state index contributed by atoms with van der Waals surface area (Å²) >= 11 is 6.09. The standard InChI is InChI=1S/C24H26ClF2N3O2/c1-2-31-23-13-16(3-6-22(23)32-24(26)27)15-30-11-8-18(9-12-30)29-20-7-10-28-21-14-17(25)4-5-19(20)21/h3-7,10,13-14,18,24H,2,8-9,11-12,15H2,1H3,(H,28,29). The van der Waals surface area contributed by atoms with Crippen molar-refractivity contribution in [2.24, 2.45) is 0 Å². The Balaban J connectivity index is 1.36. The highest BCUT2D eigenvalue weighted by atomic mass is 35.5. The van der Waals surface area contributed by atoms with Crippen LogP contribution in [0.5, 0.6) is 11.5 Å². The number of anilines is 1. The second kappa shape index (κ2) is 10.3. The van der Waals surface area contributed by atoms with E-state index in [0.717, 1.165) is 54.6 Å². The summed E-state index contributed by atoms with van der Waals surface area (Å²) in [6.07, 6.45) is 3.80. The van der Waals surface area contributed by atoms with Crippen molar-refractivity contribution in [2.45, 2.75) is 39.0 Å². The van der Waals surface area contributed by atoms with Crippen molar-refractivity contribution >= 4 is 28.2 Å². The molecule has 0 radical (unpaired) electrons. The van der Waals surface area contributed by atoms with Gasteiger partial charge in [0.1, 0.15) is 0 Å². The molecule has 2 heterocycles. The van der Waals surface area contributed by atoms with Crippen LogP contribution in [0, 0.1) is 0 Å². The molecule has 1 aliphatic rings. The lowest BCUT2D eigenvalue weighted by molar-refractivity contribution is -0.0514. The quantitative estimate of drug-likeness (QED) is 0.448. The van der Waals surface area contributed by atoms with Crippen molar-refractivity contribution in [3.05, 3.63) is 59.2 Å². The number of hydrogen-bond acceptors (Lipinski definition) is 5. The zero-order valence-electron chi connectivity index (χ0n) is 17.9. The fourth-order valence-electron chi connectivity index (χ4n) is 4.07. The number of rotatable bonds is 8. The molecule has 0 amide bonds. The summed E-state index contributed by atoms with van der Waals surface area (Å²) in [5, 5.41) is 5.40. The third-order valence-corrected chi connectivity index (χ3v) is 5.82. The van der Waals surface area contributed by atoms with Gasteiger partial charge in [-0.2, -0.15) is 8.78 Å². The molecule has 0 saturated carbocycles. The summed E-state index contributed by atoms with van der Waals surface area (Å²) in [4.78, 5) is 6.77. The predicted molar refractivity (Wildman–Crippen MR) is 123 cm³/mol. The van der Waals surface area contributed by atoms with E-state index in [4.69, 9.17) is 16.3 Å². The zero-order chi connectivity index (χ0) is 22.5. The highest BCUT2D eigenvalue weighted by Gasteiger charge is 2.20. The van der Waals surface area contributed by atoms with Crippen LogP contribution in [0.3, 0.4) is 0 Å². The number of hydrogen-bond donors (Lipinski definition) is 1. The van der Waals surface area contributed by atoms with Gasteiger partial charge in [0.05, 0.1) is 12.1 Å². The first-order valence-electron chi connectivity index (χ1n) is 10.8. The average Bonchev–Trinajstić information content (AvgIpc) is 2.77. The molecule has 0 unspecified atom stereocenters. The summed E-state index contributed by atoms with van der Waals surface area (Å²) in [6, 6.07) is 13.3.